The molecule has 0 radical (unpaired) electrons. The molecule has 0 spiro atoms. The summed E-state index contributed by atoms with van der Waals surface area (Å²) in [4.78, 5) is 0. The Balaban J connectivity index is 3.13. The van der Waals surface area contributed by atoms with Crippen LogP contribution in [0.15, 0.2) is 18.2 Å². The average Bonchev–Trinajstić information content (AvgIpc) is 2.22. The van der Waals surface area contributed by atoms with E-state index in [0.29, 0.717) is 12.1 Å². The highest BCUT2D eigenvalue weighted by Gasteiger charge is 2.27. The topological polar surface area (TPSA) is 18.5 Å². The molecule has 1 aromatic carbocycles. The van der Waals surface area contributed by atoms with E-state index in [1.165, 1.54) is 7.11 Å². The molecule has 0 aliphatic carbocycles. The summed E-state index contributed by atoms with van der Waals surface area (Å²) in [6.07, 6.45) is -5.85. The second-order valence-corrected chi connectivity index (χ2v) is 3.35. The summed E-state index contributed by atoms with van der Waals surface area (Å²) in [6.45, 7) is -0.320. The molecule has 0 aromatic heterocycles. The summed E-state index contributed by atoms with van der Waals surface area (Å²) in [7, 11) is 1.26. The molecule has 2 nitrogen and oxygen atoms in total. The number of hydrogen-bond donors (Lipinski definition) is 0. The van der Waals surface area contributed by atoms with Crippen molar-refractivity contribution >= 4 is 5.83 Å². The van der Waals surface area contributed by atoms with Gasteiger partial charge in [-0.25, -0.2) is 13.2 Å². The van der Waals surface area contributed by atoms with Crippen LogP contribution in [-0.4, -0.2) is 20.1 Å². The summed E-state index contributed by atoms with van der Waals surface area (Å²) in [6, 6.07) is 1.11. The lowest BCUT2D eigenvalue weighted by molar-refractivity contribution is -0.0798. The Hall–Kier alpha value is -1.70. The Morgan fingerprint density at radius 1 is 1.21 bits per heavy atom. The van der Waals surface area contributed by atoms with Crippen molar-refractivity contribution < 1.29 is 35.8 Å². The number of rotatable bonds is 4. The molecule has 0 saturated heterocycles. The maximum absolute atomic E-state index is 13.4. The lowest BCUT2D eigenvalue weighted by Gasteiger charge is -2.08. The molecule has 0 heterocycles. The normalized spacial score (nSPS) is 12.7. The van der Waals surface area contributed by atoms with Crippen molar-refractivity contribution in [3.05, 3.63) is 35.4 Å². The summed E-state index contributed by atoms with van der Waals surface area (Å²) >= 11 is 0. The molecule has 0 amide bonds. The first-order chi connectivity index (χ1) is 8.74. The second kappa shape index (κ2) is 5.96. The highest BCUT2D eigenvalue weighted by atomic mass is 19.4. The van der Waals surface area contributed by atoms with Gasteiger partial charge in [0.05, 0.1) is 11.6 Å². The Morgan fingerprint density at radius 2 is 1.74 bits per heavy atom. The Bertz CT molecular complexity index is 458. The minimum absolute atomic E-state index is 0.320. The fraction of sp³-hybridized carbons (Fsp3) is 0.273. The van der Waals surface area contributed by atoms with Gasteiger partial charge in [0.25, 0.3) is 0 Å². The predicted molar refractivity (Wildman–Crippen MR) is 54.0 cm³/mol. The number of allylic oxidation sites excluding steroid dienone is 1. The molecule has 1 aromatic rings. The SMILES string of the molecule is COCOc1cc(F)c(/C(F)=C/C(F)(F)F)c(F)c1. The van der Waals surface area contributed by atoms with Crippen LogP contribution < -0.4 is 4.74 Å². The van der Waals surface area contributed by atoms with Gasteiger partial charge in [-0.2, -0.15) is 13.2 Å². The van der Waals surface area contributed by atoms with Crippen LogP contribution in [0.4, 0.5) is 26.3 Å². The number of ether oxygens (including phenoxy) is 2. The largest absolute Gasteiger partial charge is 0.467 e. The van der Waals surface area contributed by atoms with E-state index < -0.39 is 35.3 Å². The maximum Gasteiger partial charge on any atom is 0.412 e. The summed E-state index contributed by atoms with van der Waals surface area (Å²) in [5, 5.41) is 0. The molecule has 0 fully saturated rings. The van der Waals surface area contributed by atoms with Gasteiger partial charge in [-0.15, -0.1) is 0 Å². The van der Waals surface area contributed by atoms with Crippen LogP contribution in [0.25, 0.3) is 5.83 Å². The van der Waals surface area contributed by atoms with Gasteiger partial charge >= 0.3 is 6.18 Å². The molecule has 0 bridgehead atoms. The van der Waals surface area contributed by atoms with Gasteiger partial charge in [0.15, 0.2) is 6.79 Å². The predicted octanol–water partition coefficient (Wildman–Crippen LogP) is 3.82. The molecule has 0 N–H and O–H groups in total. The smallest absolute Gasteiger partial charge is 0.412 e. The second-order valence-electron chi connectivity index (χ2n) is 3.35. The molecule has 106 valence electrons. The van der Waals surface area contributed by atoms with Crippen molar-refractivity contribution in [3.8, 4) is 5.75 Å². The standard InChI is InChI=1S/C11H8F6O2/c1-18-5-19-6-2-7(12)10(8(13)3-6)9(14)4-11(15,16)17/h2-4H,5H2,1H3/b9-4-. The van der Waals surface area contributed by atoms with Gasteiger partial charge in [-0.3, -0.25) is 0 Å². The van der Waals surface area contributed by atoms with Gasteiger partial charge in [-0.05, 0) is 0 Å². The Kier molecular flexibility index (Phi) is 4.82. The lowest BCUT2D eigenvalue weighted by Crippen LogP contribution is -2.05. The number of benzene rings is 1. The zero-order valence-electron chi connectivity index (χ0n) is 9.52. The number of alkyl halides is 3. The van der Waals surface area contributed by atoms with Crippen molar-refractivity contribution in [1.29, 1.82) is 0 Å². The minimum atomic E-state index is -5.02. The molecule has 0 saturated carbocycles. The van der Waals surface area contributed by atoms with E-state index in [2.05, 4.69) is 9.47 Å². The summed E-state index contributed by atoms with van der Waals surface area (Å²) < 4.78 is 84.7. The molecule has 8 heteroatoms. The lowest BCUT2D eigenvalue weighted by atomic mass is 10.1. The first kappa shape index (κ1) is 15.4. The molecule has 1 rings (SSSR count). The van der Waals surface area contributed by atoms with Gasteiger partial charge < -0.3 is 9.47 Å². The van der Waals surface area contributed by atoms with E-state index in [0.717, 1.165) is 0 Å². The Labute approximate surface area is 104 Å². The van der Waals surface area contributed by atoms with E-state index in [1.807, 2.05) is 0 Å². The van der Waals surface area contributed by atoms with Crippen LogP contribution in [0, 0.1) is 11.6 Å². The molecule has 0 aliphatic heterocycles. The number of halogens is 6. The molecular weight excluding hydrogens is 278 g/mol. The highest BCUT2D eigenvalue weighted by molar-refractivity contribution is 5.61. The Morgan fingerprint density at radius 3 is 2.16 bits per heavy atom. The van der Waals surface area contributed by atoms with Crippen molar-refractivity contribution in [1.82, 2.24) is 0 Å². The van der Waals surface area contributed by atoms with Gasteiger partial charge in [0.2, 0.25) is 0 Å². The van der Waals surface area contributed by atoms with E-state index in [-0.39, 0.29) is 12.5 Å². The van der Waals surface area contributed by atoms with Crippen LogP contribution in [0.5, 0.6) is 5.75 Å². The van der Waals surface area contributed by atoms with E-state index in [1.54, 1.807) is 0 Å². The van der Waals surface area contributed by atoms with Gasteiger partial charge in [-0.1, -0.05) is 0 Å². The van der Waals surface area contributed by atoms with Crippen molar-refractivity contribution in [2.24, 2.45) is 0 Å². The van der Waals surface area contributed by atoms with Crippen LogP contribution in [0.3, 0.4) is 0 Å². The molecular formula is C11H8F6O2. The fourth-order valence-electron chi connectivity index (χ4n) is 1.20. The molecule has 0 aliphatic rings. The first-order valence-corrected chi connectivity index (χ1v) is 4.81. The van der Waals surface area contributed by atoms with Crippen LogP contribution in [0.1, 0.15) is 5.56 Å². The summed E-state index contributed by atoms with van der Waals surface area (Å²) in [5.74, 6) is -5.41. The third-order valence-corrected chi connectivity index (χ3v) is 1.89. The number of methoxy groups -OCH3 is 1. The fourth-order valence-corrected chi connectivity index (χ4v) is 1.20. The highest BCUT2D eigenvalue weighted by Crippen LogP contribution is 2.30. The van der Waals surface area contributed by atoms with Gasteiger partial charge in [0.1, 0.15) is 23.2 Å². The monoisotopic (exact) mass is 286 g/mol. The minimum Gasteiger partial charge on any atom is -0.467 e. The first-order valence-electron chi connectivity index (χ1n) is 4.81. The van der Waals surface area contributed by atoms with E-state index >= 15 is 0 Å². The zero-order valence-corrected chi connectivity index (χ0v) is 9.52. The zero-order chi connectivity index (χ0) is 14.6. The number of hydrogen-bond acceptors (Lipinski definition) is 2. The average molecular weight is 286 g/mol. The van der Waals surface area contributed by atoms with E-state index in [4.69, 9.17) is 0 Å². The van der Waals surface area contributed by atoms with Crippen molar-refractivity contribution in [3.63, 3.8) is 0 Å². The molecule has 0 unspecified atom stereocenters. The maximum atomic E-state index is 13.4. The van der Waals surface area contributed by atoms with Crippen molar-refractivity contribution in [2.45, 2.75) is 6.18 Å². The van der Waals surface area contributed by atoms with Gasteiger partial charge in [0, 0.05) is 19.2 Å². The van der Waals surface area contributed by atoms with E-state index in [9.17, 15) is 26.3 Å². The quantitative estimate of drug-likeness (QED) is 0.619. The summed E-state index contributed by atoms with van der Waals surface area (Å²) in [5.41, 5.74) is -1.40. The third kappa shape index (κ3) is 4.47. The van der Waals surface area contributed by atoms with Crippen LogP contribution >= 0.6 is 0 Å². The van der Waals surface area contributed by atoms with Crippen LogP contribution in [0.2, 0.25) is 0 Å². The molecule has 19 heavy (non-hydrogen) atoms. The molecule has 0 atom stereocenters. The third-order valence-electron chi connectivity index (χ3n) is 1.89. The van der Waals surface area contributed by atoms with Crippen LogP contribution in [-0.2, 0) is 4.74 Å². The van der Waals surface area contributed by atoms with Crippen molar-refractivity contribution in [2.75, 3.05) is 13.9 Å².